The molecule has 5 rings (SSSR count). The largest absolute Gasteiger partial charge is 0.388 e. The third kappa shape index (κ3) is 3.91. The van der Waals surface area contributed by atoms with E-state index in [0.717, 1.165) is 44.9 Å². The van der Waals surface area contributed by atoms with E-state index < -0.39 is 17.0 Å². The van der Waals surface area contributed by atoms with Gasteiger partial charge >= 0.3 is 6.03 Å². The molecule has 35 heavy (non-hydrogen) atoms. The lowest BCUT2D eigenvalue weighted by Crippen LogP contribution is -2.59. The third-order valence-corrected chi connectivity index (χ3v) is 8.86. The molecule has 2 aromatic rings. The summed E-state index contributed by atoms with van der Waals surface area (Å²) in [6.07, 6.45) is 5.85. The summed E-state index contributed by atoms with van der Waals surface area (Å²) in [5.74, 6) is -0.544. The zero-order valence-electron chi connectivity index (χ0n) is 20.7. The number of carbonyl (C=O) groups is 2. The van der Waals surface area contributed by atoms with Gasteiger partial charge in [-0.25, -0.2) is 4.79 Å². The molecule has 2 aromatic carbocycles. The Kier molecular flexibility index (Phi) is 5.88. The SMILES string of the molecule is CN(C)C1(c2ccccc2)CCC2(CC1)CN(c1ccccc1C(N)=O)C(=O)N2CC1(O)CCC1. The monoisotopic (exact) mass is 476 g/mol. The van der Waals surface area contributed by atoms with Gasteiger partial charge in [0.05, 0.1) is 35.5 Å². The van der Waals surface area contributed by atoms with Gasteiger partial charge in [-0.1, -0.05) is 42.5 Å². The van der Waals surface area contributed by atoms with Crippen LogP contribution in [0.5, 0.6) is 0 Å². The first-order valence-electron chi connectivity index (χ1n) is 12.6. The zero-order valence-corrected chi connectivity index (χ0v) is 20.7. The van der Waals surface area contributed by atoms with Crippen molar-refractivity contribution >= 4 is 17.6 Å². The molecular formula is C28H36N4O3. The average Bonchev–Trinajstić information content (AvgIpc) is 3.10. The number of para-hydroxylation sites is 1. The Balaban J connectivity index is 1.50. The van der Waals surface area contributed by atoms with Crippen molar-refractivity contribution in [1.82, 2.24) is 9.80 Å². The Morgan fingerprint density at radius 2 is 1.60 bits per heavy atom. The Labute approximate surface area is 207 Å². The highest BCUT2D eigenvalue weighted by Crippen LogP contribution is 2.50. The van der Waals surface area contributed by atoms with Gasteiger partial charge in [0.15, 0.2) is 0 Å². The molecular weight excluding hydrogens is 440 g/mol. The summed E-state index contributed by atoms with van der Waals surface area (Å²) < 4.78 is 0. The van der Waals surface area contributed by atoms with E-state index in [9.17, 15) is 14.7 Å². The predicted octanol–water partition coefficient (Wildman–Crippen LogP) is 3.71. The highest BCUT2D eigenvalue weighted by Gasteiger charge is 2.57. The maximum Gasteiger partial charge on any atom is 0.325 e. The molecule has 2 aliphatic carbocycles. The van der Waals surface area contributed by atoms with E-state index in [1.54, 1.807) is 23.1 Å². The van der Waals surface area contributed by atoms with Gasteiger partial charge in [0.25, 0.3) is 5.91 Å². The summed E-state index contributed by atoms with van der Waals surface area (Å²) in [6.45, 7) is 0.825. The fraction of sp³-hybridized carbons (Fsp3) is 0.500. The zero-order chi connectivity index (χ0) is 24.8. The summed E-state index contributed by atoms with van der Waals surface area (Å²) >= 11 is 0. The van der Waals surface area contributed by atoms with Gasteiger partial charge in [-0.3, -0.25) is 14.6 Å². The summed E-state index contributed by atoms with van der Waals surface area (Å²) in [4.78, 5) is 32.0. The minimum atomic E-state index is -0.822. The smallest absolute Gasteiger partial charge is 0.325 e. The summed E-state index contributed by atoms with van der Waals surface area (Å²) in [5.41, 5.74) is 6.54. The standard InChI is InChI=1S/C28H36N4O3/c1-30(2)28(21-9-4-3-5-10-21)17-15-26(16-18-28)19-31(23-12-7-6-11-22(23)24(29)33)25(34)32(26)20-27(35)13-8-14-27/h3-7,9-12,35H,8,13-20H2,1-2H3,(H2,29,33). The number of hydrogen-bond acceptors (Lipinski definition) is 4. The van der Waals surface area contributed by atoms with Crippen molar-refractivity contribution in [1.29, 1.82) is 0 Å². The van der Waals surface area contributed by atoms with E-state index >= 15 is 0 Å². The molecule has 2 saturated carbocycles. The van der Waals surface area contributed by atoms with E-state index in [4.69, 9.17) is 5.73 Å². The van der Waals surface area contributed by atoms with E-state index in [0.29, 0.717) is 24.3 Å². The van der Waals surface area contributed by atoms with E-state index in [2.05, 4.69) is 43.3 Å². The highest BCUT2D eigenvalue weighted by molar-refractivity contribution is 6.05. The number of benzene rings is 2. The molecule has 3 fully saturated rings. The second kappa shape index (κ2) is 8.64. The van der Waals surface area contributed by atoms with Crippen LogP contribution in [0.4, 0.5) is 10.5 Å². The molecule has 7 heteroatoms. The third-order valence-electron chi connectivity index (χ3n) is 8.86. The van der Waals surface area contributed by atoms with E-state index in [-0.39, 0.29) is 11.6 Å². The minimum absolute atomic E-state index is 0.104. The molecule has 1 saturated heterocycles. The molecule has 0 aromatic heterocycles. The number of amides is 3. The van der Waals surface area contributed by atoms with Gasteiger partial charge in [0, 0.05) is 5.54 Å². The van der Waals surface area contributed by atoms with Crippen LogP contribution < -0.4 is 10.6 Å². The summed E-state index contributed by atoms with van der Waals surface area (Å²) in [5, 5.41) is 11.1. The number of nitrogens with zero attached hydrogens (tertiary/aromatic N) is 3. The summed E-state index contributed by atoms with van der Waals surface area (Å²) in [7, 11) is 4.27. The number of hydrogen-bond donors (Lipinski definition) is 2. The topological polar surface area (TPSA) is 90.1 Å². The number of primary amides is 1. The molecule has 1 spiro atoms. The second-order valence-electron chi connectivity index (χ2n) is 10.9. The van der Waals surface area contributed by atoms with Crippen molar-refractivity contribution in [2.45, 2.75) is 61.6 Å². The van der Waals surface area contributed by atoms with Crippen molar-refractivity contribution in [2.75, 3.05) is 32.1 Å². The van der Waals surface area contributed by atoms with Gasteiger partial charge in [0.1, 0.15) is 0 Å². The predicted molar refractivity (Wildman–Crippen MR) is 136 cm³/mol. The van der Waals surface area contributed by atoms with Gasteiger partial charge in [0.2, 0.25) is 0 Å². The molecule has 1 aliphatic heterocycles. The second-order valence-corrected chi connectivity index (χ2v) is 10.9. The van der Waals surface area contributed by atoms with Crippen molar-refractivity contribution in [3.05, 3.63) is 65.7 Å². The Morgan fingerprint density at radius 3 is 2.17 bits per heavy atom. The minimum Gasteiger partial charge on any atom is -0.388 e. The number of anilines is 1. The van der Waals surface area contributed by atoms with Crippen molar-refractivity contribution in [3.63, 3.8) is 0 Å². The first-order valence-corrected chi connectivity index (χ1v) is 12.6. The maximum atomic E-state index is 13.9. The van der Waals surface area contributed by atoms with Crippen LogP contribution in [0.2, 0.25) is 0 Å². The lowest BCUT2D eigenvalue weighted by atomic mass is 9.67. The van der Waals surface area contributed by atoms with Gasteiger partial charge in [-0.15, -0.1) is 0 Å². The Hall–Kier alpha value is -2.90. The van der Waals surface area contributed by atoms with Crippen LogP contribution in [0.1, 0.15) is 60.9 Å². The van der Waals surface area contributed by atoms with Crippen LogP contribution in [0, 0.1) is 0 Å². The lowest BCUT2D eigenvalue weighted by Gasteiger charge is -2.52. The van der Waals surface area contributed by atoms with Crippen LogP contribution >= 0.6 is 0 Å². The van der Waals surface area contributed by atoms with Crippen molar-refractivity contribution in [2.24, 2.45) is 5.73 Å². The highest BCUT2D eigenvalue weighted by atomic mass is 16.3. The number of β-amino-alcohol motifs (C(OH)–C–C–N with tert-alkyl or cyclic N) is 1. The van der Waals surface area contributed by atoms with Crippen molar-refractivity contribution < 1.29 is 14.7 Å². The van der Waals surface area contributed by atoms with E-state index in [1.807, 2.05) is 17.0 Å². The first-order chi connectivity index (χ1) is 16.7. The Bertz CT molecular complexity index is 1100. The number of rotatable bonds is 6. The molecule has 1 heterocycles. The molecule has 3 amide bonds. The molecule has 3 N–H and O–H groups in total. The van der Waals surface area contributed by atoms with Gasteiger partial charge in [-0.2, -0.15) is 0 Å². The van der Waals surface area contributed by atoms with Crippen LogP contribution in [0.25, 0.3) is 0 Å². The number of nitrogens with two attached hydrogens (primary N) is 1. The molecule has 7 nitrogen and oxygen atoms in total. The van der Waals surface area contributed by atoms with Crippen molar-refractivity contribution in [3.8, 4) is 0 Å². The Morgan fingerprint density at radius 1 is 0.971 bits per heavy atom. The molecule has 3 aliphatic rings. The van der Waals surface area contributed by atoms with Crippen LogP contribution in [0.3, 0.4) is 0 Å². The molecule has 0 radical (unpaired) electrons. The fourth-order valence-corrected chi connectivity index (χ4v) is 6.47. The first kappa shape index (κ1) is 23.8. The van der Waals surface area contributed by atoms with Crippen LogP contribution in [-0.4, -0.2) is 65.2 Å². The summed E-state index contributed by atoms with van der Waals surface area (Å²) in [6, 6.07) is 17.5. The fourth-order valence-electron chi connectivity index (χ4n) is 6.47. The number of carbonyl (C=O) groups excluding carboxylic acids is 2. The van der Waals surface area contributed by atoms with Gasteiger partial charge < -0.3 is 15.7 Å². The molecule has 0 bridgehead atoms. The molecule has 0 atom stereocenters. The quantitative estimate of drug-likeness (QED) is 0.665. The number of urea groups is 1. The van der Waals surface area contributed by atoms with Crippen LogP contribution in [0.15, 0.2) is 54.6 Å². The molecule has 186 valence electrons. The van der Waals surface area contributed by atoms with E-state index in [1.165, 1.54) is 5.56 Å². The van der Waals surface area contributed by atoms with Gasteiger partial charge in [-0.05, 0) is 76.7 Å². The normalized spacial score (nSPS) is 27.9. The maximum absolute atomic E-state index is 13.9. The lowest BCUT2D eigenvalue weighted by molar-refractivity contribution is -0.0725. The molecule has 0 unspecified atom stereocenters. The average molecular weight is 477 g/mol. The number of aliphatic hydroxyl groups is 1. The van der Waals surface area contributed by atoms with Crippen LogP contribution in [-0.2, 0) is 5.54 Å².